The Morgan fingerprint density at radius 1 is 0.962 bits per heavy atom. The first-order valence-corrected chi connectivity index (χ1v) is 10.2. The Morgan fingerprint density at radius 2 is 1.54 bits per heavy atom. The van der Waals surface area contributed by atoms with Crippen LogP contribution in [0.1, 0.15) is 56.0 Å². The highest BCUT2D eigenvalue weighted by molar-refractivity contribution is 7.89. The molecule has 0 bridgehead atoms. The Balaban J connectivity index is 2.28. The van der Waals surface area contributed by atoms with Crippen molar-refractivity contribution in [2.24, 2.45) is 0 Å². The predicted molar refractivity (Wildman–Crippen MR) is 106 cm³/mol. The van der Waals surface area contributed by atoms with E-state index in [9.17, 15) is 8.42 Å². The maximum absolute atomic E-state index is 12.9. The molecule has 1 atom stereocenters. The van der Waals surface area contributed by atoms with Gasteiger partial charge >= 0.3 is 0 Å². The Morgan fingerprint density at radius 3 is 2.04 bits per heavy atom. The molecule has 2 aromatic rings. The van der Waals surface area contributed by atoms with Crippen LogP contribution in [0, 0.1) is 13.8 Å². The summed E-state index contributed by atoms with van der Waals surface area (Å²) in [7, 11) is -2.05. The Hall–Kier alpha value is -1.85. The van der Waals surface area contributed by atoms with E-state index in [2.05, 4.69) is 37.6 Å². The van der Waals surface area contributed by atoms with Crippen molar-refractivity contribution < 1.29 is 13.2 Å². The third-order valence-corrected chi connectivity index (χ3v) is 6.49. The van der Waals surface area contributed by atoms with Crippen LogP contribution in [0.5, 0.6) is 5.75 Å². The summed E-state index contributed by atoms with van der Waals surface area (Å²) >= 11 is 0. The topological polar surface area (TPSA) is 55.4 Å². The molecule has 0 saturated heterocycles. The second-order valence-corrected chi connectivity index (χ2v) is 9.41. The van der Waals surface area contributed by atoms with Gasteiger partial charge < -0.3 is 4.74 Å². The van der Waals surface area contributed by atoms with Crippen LogP contribution >= 0.6 is 0 Å². The quantitative estimate of drug-likeness (QED) is 0.828. The summed E-state index contributed by atoms with van der Waals surface area (Å²) in [5.74, 6) is 0.687. The van der Waals surface area contributed by atoms with E-state index in [-0.39, 0.29) is 16.4 Å². The van der Waals surface area contributed by atoms with Crippen LogP contribution in [0.25, 0.3) is 0 Å². The van der Waals surface area contributed by atoms with Gasteiger partial charge in [-0.2, -0.15) is 0 Å². The van der Waals surface area contributed by atoms with Gasteiger partial charge in [-0.15, -0.1) is 0 Å². The molecule has 2 rings (SSSR count). The minimum absolute atomic E-state index is 0.0685. The van der Waals surface area contributed by atoms with Crippen LogP contribution < -0.4 is 9.46 Å². The highest BCUT2D eigenvalue weighted by atomic mass is 32.2. The summed E-state index contributed by atoms with van der Waals surface area (Å²) in [4.78, 5) is 0.286. The van der Waals surface area contributed by atoms with Crippen molar-refractivity contribution in [3.05, 3.63) is 58.7 Å². The number of ether oxygens (including phenoxy) is 1. The van der Waals surface area contributed by atoms with E-state index in [1.54, 1.807) is 26.2 Å². The lowest BCUT2D eigenvalue weighted by molar-refractivity contribution is 0.410. The molecular formula is C21H29NO3S. The van der Waals surface area contributed by atoms with E-state index in [1.807, 2.05) is 26.0 Å². The molecule has 0 aliphatic rings. The molecule has 0 aromatic heterocycles. The highest BCUT2D eigenvalue weighted by Gasteiger charge is 2.22. The standard InChI is InChI=1S/C21H29NO3S/c1-14-15(2)20(13-12-19(14)25-7)26(23,24)22-16(3)17-8-10-18(11-9-17)21(4,5)6/h8-13,16,22H,1-7H3/t16-/m1/s1. The number of hydrogen-bond donors (Lipinski definition) is 1. The molecule has 0 unspecified atom stereocenters. The van der Waals surface area contributed by atoms with Gasteiger partial charge in [-0.05, 0) is 60.6 Å². The molecule has 0 saturated carbocycles. The van der Waals surface area contributed by atoms with Gasteiger partial charge in [-0.25, -0.2) is 13.1 Å². The molecule has 4 nitrogen and oxygen atoms in total. The largest absolute Gasteiger partial charge is 0.496 e. The molecule has 142 valence electrons. The number of sulfonamides is 1. The third-order valence-electron chi connectivity index (χ3n) is 4.81. The summed E-state index contributed by atoms with van der Waals surface area (Å²) in [6.45, 7) is 12.0. The van der Waals surface area contributed by atoms with Crippen molar-refractivity contribution in [1.82, 2.24) is 4.72 Å². The van der Waals surface area contributed by atoms with Gasteiger partial charge in [0.05, 0.1) is 12.0 Å². The second-order valence-electron chi connectivity index (χ2n) is 7.73. The summed E-state index contributed by atoms with van der Waals surface area (Å²) in [6, 6.07) is 11.1. The van der Waals surface area contributed by atoms with Crippen molar-refractivity contribution in [1.29, 1.82) is 0 Å². The van der Waals surface area contributed by atoms with E-state index in [1.165, 1.54) is 5.56 Å². The van der Waals surface area contributed by atoms with Gasteiger partial charge in [0.2, 0.25) is 10.0 Å². The zero-order valence-corrected chi connectivity index (χ0v) is 17.5. The number of nitrogens with one attached hydrogen (secondary N) is 1. The van der Waals surface area contributed by atoms with Crippen LogP contribution in [0.4, 0.5) is 0 Å². The first-order valence-electron chi connectivity index (χ1n) is 8.74. The second kappa shape index (κ2) is 7.41. The summed E-state index contributed by atoms with van der Waals surface area (Å²) < 4.78 is 33.8. The van der Waals surface area contributed by atoms with E-state index >= 15 is 0 Å². The van der Waals surface area contributed by atoms with Gasteiger partial charge in [-0.1, -0.05) is 45.0 Å². The normalized spacial score (nSPS) is 13.5. The molecule has 2 aromatic carbocycles. The van der Waals surface area contributed by atoms with Gasteiger partial charge in [0.25, 0.3) is 0 Å². The molecule has 26 heavy (non-hydrogen) atoms. The number of hydrogen-bond acceptors (Lipinski definition) is 3. The maximum atomic E-state index is 12.9. The summed E-state index contributed by atoms with van der Waals surface area (Å²) in [6.07, 6.45) is 0. The average molecular weight is 376 g/mol. The Bertz CT molecular complexity index is 879. The first-order chi connectivity index (χ1) is 12.0. The average Bonchev–Trinajstić information content (AvgIpc) is 2.56. The van der Waals surface area contributed by atoms with Crippen molar-refractivity contribution in [3.8, 4) is 5.75 Å². The van der Waals surface area contributed by atoms with Gasteiger partial charge in [-0.3, -0.25) is 0 Å². The predicted octanol–water partition coefficient (Wildman–Crippen LogP) is 4.65. The zero-order valence-electron chi connectivity index (χ0n) is 16.7. The molecular weight excluding hydrogens is 346 g/mol. The van der Waals surface area contributed by atoms with Crippen LogP contribution in [0.15, 0.2) is 41.3 Å². The van der Waals surface area contributed by atoms with Crippen LogP contribution in [0.2, 0.25) is 0 Å². The lowest BCUT2D eigenvalue weighted by Crippen LogP contribution is -2.27. The molecule has 0 spiro atoms. The molecule has 0 aliphatic carbocycles. The lowest BCUT2D eigenvalue weighted by Gasteiger charge is -2.21. The van der Waals surface area contributed by atoms with E-state index in [0.717, 1.165) is 11.1 Å². The molecule has 0 amide bonds. The molecule has 0 radical (unpaired) electrons. The van der Waals surface area contributed by atoms with Gasteiger partial charge in [0.15, 0.2) is 0 Å². The first kappa shape index (κ1) is 20.5. The minimum atomic E-state index is -3.63. The molecule has 1 N–H and O–H groups in total. The fourth-order valence-corrected chi connectivity index (χ4v) is 4.45. The fraction of sp³-hybridized carbons (Fsp3) is 0.429. The minimum Gasteiger partial charge on any atom is -0.496 e. The van der Waals surface area contributed by atoms with Gasteiger partial charge in [0.1, 0.15) is 5.75 Å². The van der Waals surface area contributed by atoms with Crippen molar-refractivity contribution in [2.75, 3.05) is 7.11 Å². The van der Waals surface area contributed by atoms with Crippen LogP contribution in [-0.2, 0) is 15.4 Å². The van der Waals surface area contributed by atoms with Crippen molar-refractivity contribution >= 4 is 10.0 Å². The summed E-state index contributed by atoms with van der Waals surface area (Å²) in [5, 5.41) is 0. The van der Waals surface area contributed by atoms with Crippen molar-refractivity contribution in [3.63, 3.8) is 0 Å². The molecule has 0 heterocycles. The number of benzene rings is 2. The zero-order chi connectivity index (χ0) is 19.7. The number of methoxy groups -OCH3 is 1. The SMILES string of the molecule is COc1ccc(S(=O)(=O)N[C@H](C)c2ccc(C(C)(C)C)cc2)c(C)c1C. The highest BCUT2D eigenvalue weighted by Crippen LogP contribution is 2.28. The van der Waals surface area contributed by atoms with Gasteiger partial charge in [0, 0.05) is 6.04 Å². The smallest absolute Gasteiger partial charge is 0.241 e. The van der Waals surface area contributed by atoms with Crippen LogP contribution in [0.3, 0.4) is 0 Å². The fourth-order valence-electron chi connectivity index (χ4n) is 2.92. The lowest BCUT2D eigenvalue weighted by atomic mass is 9.86. The van der Waals surface area contributed by atoms with Crippen molar-refractivity contribution in [2.45, 2.75) is 57.9 Å². The van der Waals surface area contributed by atoms with E-state index < -0.39 is 10.0 Å². The number of rotatable bonds is 5. The molecule has 0 fully saturated rings. The molecule has 5 heteroatoms. The summed E-state index contributed by atoms with van der Waals surface area (Å²) in [5.41, 5.74) is 3.76. The monoisotopic (exact) mass is 375 g/mol. The van der Waals surface area contributed by atoms with Crippen LogP contribution in [-0.4, -0.2) is 15.5 Å². The Kier molecular flexibility index (Phi) is 5.83. The maximum Gasteiger partial charge on any atom is 0.241 e. The molecule has 0 aliphatic heterocycles. The Labute approximate surface area is 157 Å². The van der Waals surface area contributed by atoms with E-state index in [4.69, 9.17) is 4.74 Å². The third kappa shape index (κ3) is 4.27. The van der Waals surface area contributed by atoms with E-state index in [0.29, 0.717) is 11.3 Å².